The lowest BCUT2D eigenvalue weighted by Gasteiger charge is -2.20. The van der Waals surface area contributed by atoms with E-state index >= 15 is 0 Å². The Morgan fingerprint density at radius 2 is 2.08 bits per heavy atom. The molecule has 0 bridgehead atoms. The third kappa shape index (κ3) is 1.99. The van der Waals surface area contributed by atoms with Crippen LogP contribution in [0.2, 0.25) is 0 Å². The molecule has 1 N–H and O–H groups in total. The van der Waals surface area contributed by atoms with Gasteiger partial charge in [0.15, 0.2) is 0 Å². The normalized spacial score (nSPS) is 19.8. The van der Waals surface area contributed by atoms with Crippen molar-refractivity contribution in [2.75, 3.05) is 11.9 Å². The standard InChI is InChI=1S/C11H15NS/c1-11(2)7-8-12-9-5-3-4-6-10(9)13-11/h3-6,12H,7-8H2,1-2H3. The molecule has 0 atom stereocenters. The van der Waals surface area contributed by atoms with E-state index in [0.29, 0.717) is 4.75 Å². The van der Waals surface area contributed by atoms with E-state index in [-0.39, 0.29) is 0 Å². The smallest absolute Gasteiger partial charge is 0.0478 e. The molecule has 0 fully saturated rings. The van der Waals surface area contributed by atoms with Crippen LogP contribution in [0.4, 0.5) is 5.69 Å². The van der Waals surface area contributed by atoms with Crippen LogP contribution < -0.4 is 5.32 Å². The molecule has 0 saturated carbocycles. The van der Waals surface area contributed by atoms with Crippen LogP contribution in [0.1, 0.15) is 20.3 Å². The Balaban J connectivity index is 2.34. The number of benzene rings is 1. The average Bonchev–Trinajstić information content (AvgIpc) is 2.21. The van der Waals surface area contributed by atoms with Gasteiger partial charge in [-0.2, -0.15) is 0 Å². The van der Waals surface area contributed by atoms with Gasteiger partial charge in [0.2, 0.25) is 0 Å². The summed E-state index contributed by atoms with van der Waals surface area (Å²) in [6.45, 7) is 5.69. The molecule has 70 valence electrons. The molecule has 0 amide bonds. The molecule has 0 saturated heterocycles. The van der Waals surface area contributed by atoms with Gasteiger partial charge in [-0.3, -0.25) is 0 Å². The number of anilines is 1. The van der Waals surface area contributed by atoms with Crippen LogP contribution in [0.25, 0.3) is 0 Å². The highest BCUT2D eigenvalue weighted by atomic mass is 32.2. The molecule has 1 aliphatic rings. The SMILES string of the molecule is CC1(C)CCNc2ccccc2S1. The molecule has 1 heterocycles. The van der Waals surface area contributed by atoms with Gasteiger partial charge in [0.25, 0.3) is 0 Å². The monoisotopic (exact) mass is 193 g/mol. The Kier molecular flexibility index (Phi) is 2.24. The highest BCUT2D eigenvalue weighted by Gasteiger charge is 2.23. The Hall–Kier alpha value is -0.630. The number of hydrogen-bond acceptors (Lipinski definition) is 2. The maximum absolute atomic E-state index is 3.46. The van der Waals surface area contributed by atoms with Crippen molar-refractivity contribution >= 4 is 17.4 Å². The summed E-state index contributed by atoms with van der Waals surface area (Å²) < 4.78 is 0.361. The van der Waals surface area contributed by atoms with Crippen LogP contribution in [0, 0.1) is 0 Å². The van der Waals surface area contributed by atoms with E-state index in [1.165, 1.54) is 17.0 Å². The Morgan fingerprint density at radius 3 is 2.92 bits per heavy atom. The quantitative estimate of drug-likeness (QED) is 0.678. The Morgan fingerprint density at radius 1 is 1.31 bits per heavy atom. The molecular formula is C11H15NS. The predicted molar refractivity (Wildman–Crippen MR) is 59.5 cm³/mol. The van der Waals surface area contributed by atoms with Crippen LogP contribution in [-0.4, -0.2) is 11.3 Å². The average molecular weight is 193 g/mol. The number of thioether (sulfide) groups is 1. The van der Waals surface area contributed by atoms with Gasteiger partial charge in [0.1, 0.15) is 0 Å². The van der Waals surface area contributed by atoms with Crippen LogP contribution >= 0.6 is 11.8 Å². The van der Waals surface area contributed by atoms with Crippen molar-refractivity contribution in [2.24, 2.45) is 0 Å². The summed E-state index contributed by atoms with van der Waals surface area (Å²) in [4.78, 5) is 1.38. The van der Waals surface area contributed by atoms with E-state index < -0.39 is 0 Å². The molecule has 1 nitrogen and oxygen atoms in total. The third-order valence-corrected chi connectivity index (χ3v) is 3.65. The summed E-state index contributed by atoms with van der Waals surface area (Å²) in [6, 6.07) is 8.55. The second-order valence-corrected chi connectivity index (χ2v) is 5.78. The highest BCUT2D eigenvalue weighted by molar-refractivity contribution is 8.00. The lowest BCUT2D eigenvalue weighted by Crippen LogP contribution is -2.16. The molecule has 0 unspecified atom stereocenters. The number of fused-ring (bicyclic) bond motifs is 1. The molecule has 0 radical (unpaired) electrons. The van der Waals surface area contributed by atoms with Gasteiger partial charge in [0, 0.05) is 21.9 Å². The Labute approximate surface area is 83.9 Å². The van der Waals surface area contributed by atoms with Gasteiger partial charge in [0.05, 0.1) is 0 Å². The fourth-order valence-electron chi connectivity index (χ4n) is 1.55. The van der Waals surface area contributed by atoms with Crippen molar-refractivity contribution in [1.29, 1.82) is 0 Å². The zero-order valence-electron chi connectivity index (χ0n) is 8.13. The lowest BCUT2D eigenvalue weighted by atomic mass is 10.1. The fourth-order valence-corrected chi connectivity index (χ4v) is 2.74. The Bertz CT molecular complexity index is 307. The third-order valence-electron chi connectivity index (χ3n) is 2.32. The van der Waals surface area contributed by atoms with E-state index in [9.17, 15) is 0 Å². The lowest BCUT2D eigenvalue weighted by molar-refractivity contribution is 0.667. The van der Waals surface area contributed by atoms with E-state index in [4.69, 9.17) is 0 Å². The van der Waals surface area contributed by atoms with Crippen LogP contribution in [0.3, 0.4) is 0 Å². The number of para-hydroxylation sites is 1. The number of hydrogen-bond donors (Lipinski definition) is 1. The topological polar surface area (TPSA) is 12.0 Å². The molecule has 0 spiro atoms. The maximum Gasteiger partial charge on any atom is 0.0478 e. The number of nitrogens with one attached hydrogen (secondary N) is 1. The minimum absolute atomic E-state index is 0.361. The van der Waals surface area contributed by atoms with E-state index in [1.54, 1.807) is 0 Å². The van der Waals surface area contributed by atoms with Crippen LogP contribution in [0.15, 0.2) is 29.2 Å². The zero-order valence-corrected chi connectivity index (χ0v) is 8.95. The summed E-state index contributed by atoms with van der Waals surface area (Å²) in [5.41, 5.74) is 1.29. The number of rotatable bonds is 0. The first-order valence-corrected chi connectivity index (χ1v) is 5.51. The summed E-state index contributed by atoms with van der Waals surface area (Å²) >= 11 is 1.97. The van der Waals surface area contributed by atoms with Crippen molar-refractivity contribution in [2.45, 2.75) is 29.9 Å². The van der Waals surface area contributed by atoms with Gasteiger partial charge in [-0.15, -0.1) is 11.8 Å². The van der Waals surface area contributed by atoms with Crippen molar-refractivity contribution in [3.63, 3.8) is 0 Å². The van der Waals surface area contributed by atoms with Crippen LogP contribution in [-0.2, 0) is 0 Å². The summed E-state index contributed by atoms with van der Waals surface area (Å²) in [7, 11) is 0. The molecule has 2 heteroatoms. The van der Waals surface area contributed by atoms with Crippen molar-refractivity contribution in [3.05, 3.63) is 24.3 Å². The summed E-state index contributed by atoms with van der Waals surface area (Å²) in [6.07, 6.45) is 1.21. The minimum atomic E-state index is 0.361. The maximum atomic E-state index is 3.46. The first-order valence-electron chi connectivity index (χ1n) is 4.69. The largest absolute Gasteiger partial charge is 0.384 e. The van der Waals surface area contributed by atoms with Gasteiger partial charge in [-0.1, -0.05) is 26.0 Å². The van der Waals surface area contributed by atoms with Crippen molar-refractivity contribution < 1.29 is 0 Å². The molecule has 1 aromatic rings. The van der Waals surface area contributed by atoms with E-state index in [1.807, 2.05) is 11.8 Å². The summed E-state index contributed by atoms with van der Waals surface area (Å²) in [5, 5.41) is 3.46. The molecular weight excluding hydrogens is 178 g/mol. The zero-order chi connectivity index (χ0) is 9.31. The molecule has 13 heavy (non-hydrogen) atoms. The fraction of sp³-hybridized carbons (Fsp3) is 0.455. The minimum Gasteiger partial charge on any atom is -0.384 e. The van der Waals surface area contributed by atoms with Crippen molar-refractivity contribution in [1.82, 2.24) is 0 Å². The molecule has 0 aliphatic carbocycles. The molecule has 2 rings (SSSR count). The first kappa shape index (κ1) is 8.95. The van der Waals surface area contributed by atoms with Gasteiger partial charge in [-0.25, -0.2) is 0 Å². The molecule has 1 aromatic carbocycles. The molecule has 1 aliphatic heterocycles. The predicted octanol–water partition coefficient (Wildman–Crippen LogP) is 3.37. The van der Waals surface area contributed by atoms with E-state index in [0.717, 1.165) is 6.54 Å². The first-order chi connectivity index (χ1) is 6.17. The second kappa shape index (κ2) is 3.26. The van der Waals surface area contributed by atoms with Gasteiger partial charge in [-0.05, 0) is 18.6 Å². The summed E-state index contributed by atoms with van der Waals surface area (Å²) in [5.74, 6) is 0. The van der Waals surface area contributed by atoms with E-state index in [2.05, 4.69) is 43.4 Å². The highest BCUT2D eigenvalue weighted by Crippen LogP contribution is 2.40. The van der Waals surface area contributed by atoms with Gasteiger partial charge < -0.3 is 5.32 Å². The van der Waals surface area contributed by atoms with Crippen molar-refractivity contribution in [3.8, 4) is 0 Å². The van der Waals surface area contributed by atoms with Gasteiger partial charge >= 0.3 is 0 Å². The second-order valence-electron chi connectivity index (χ2n) is 4.03. The molecule has 0 aromatic heterocycles. The van der Waals surface area contributed by atoms with Crippen LogP contribution in [0.5, 0.6) is 0 Å².